The number of hydrogen-bond donors (Lipinski definition) is 0. The van der Waals surface area contributed by atoms with Crippen LogP contribution in [0.4, 0.5) is 0 Å². The highest BCUT2D eigenvalue weighted by molar-refractivity contribution is 5.76. The number of nitrogens with zero attached hydrogens (tertiary/aromatic N) is 3. The molecule has 0 unspecified atom stereocenters. The molecule has 0 aromatic carbocycles. The predicted octanol–water partition coefficient (Wildman–Crippen LogP) is 3.09. The molecule has 0 spiro atoms. The van der Waals surface area contributed by atoms with Gasteiger partial charge in [0.15, 0.2) is 0 Å². The van der Waals surface area contributed by atoms with E-state index in [1.807, 2.05) is 13.8 Å². The van der Waals surface area contributed by atoms with Gasteiger partial charge < -0.3 is 9.42 Å². The van der Waals surface area contributed by atoms with Gasteiger partial charge in [0.05, 0.1) is 5.69 Å². The second-order valence-electron chi connectivity index (χ2n) is 7.66. The average Bonchev–Trinajstić information content (AvgIpc) is 3.07. The third kappa shape index (κ3) is 3.51. The minimum absolute atomic E-state index is 0.277. The zero-order valence-corrected chi connectivity index (χ0v) is 15.5. The van der Waals surface area contributed by atoms with Gasteiger partial charge in [0.2, 0.25) is 5.91 Å². The molecule has 3 rings (SSSR count). The van der Waals surface area contributed by atoms with E-state index in [9.17, 15) is 4.79 Å². The van der Waals surface area contributed by atoms with Crippen LogP contribution in [0.15, 0.2) is 4.52 Å². The first-order chi connectivity index (χ1) is 11.5. The second kappa shape index (κ2) is 7.26. The minimum atomic E-state index is 0.277. The van der Waals surface area contributed by atoms with Crippen molar-refractivity contribution in [1.82, 2.24) is 15.0 Å². The second-order valence-corrected chi connectivity index (χ2v) is 7.66. The number of likely N-dealkylation sites (tertiary alicyclic amines) is 2. The molecule has 0 saturated carbocycles. The number of piperidine rings is 1. The maximum atomic E-state index is 12.7. The van der Waals surface area contributed by atoms with Crippen LogP contribution >= 0.6 is 0 Å². The van der Waals surface area contributed by atoms with Crippen molar-refractivity contribution in [2.75, 3.05) is 13.1 Å². The summed E-state index contributed by atoms with van der Waals surface area (Å²) in [6.45, 7) is 10.3. The summed E-state index contributed by atoms with van der Waals surface area (Å²) in [5.74, 6) is 1.12. The van der Waals surface area contributed by atoms with E-state index in [4.69, 9.17) is 4.52 Å². The van der Waals surface area contributed by atoms with E-state index in [1.165, 1.54) is 19.3 Å². The molecule has 2 aliphatic heterocycles. The maximum Gasteiger partial charge on any atom is 0.222 e. The fourth-order valence-corrected chi connectivity index (χ4v) is 4.61. The summed E-state index contributed by atoms with van der Waals surface area (Å²) in [7, 11) is 0. The number of hydrogen-bond acceptors (Lipinski definition) is 4. The zero-order chi connectivity index (χ0) is 17.3. The molecule has 0 N–H and O–H groups in total. The molecule has 0 bridgehead atoms. The van der Waals surface area contributed by atoms with Gasteiger partial charge in [-0.25, -0.2) is 0 Å². The smallest absolute Gasteiger partial charge is 0.222 e. The lowest BCUT2D eigenvalue weighted by molar-refractivity contribution is -0.133. The van der Waals surface area contributed by atoms with Crippen molar-refractivity contribution in [2.24, 2.45) is 0 Å². The van der Waals surface area contributed by atoms with Gasteiger partial charge in [0.1, 0.15) is 5.76 Å². The Morgan fingerprint density at radius 2 is 1.92 bits per heavy atom. The summed E-state index contributed by atoms with van der Waals surface area (Å²) < 4.78 is 5.20. The van der Waals surface area contributed by atoms with Crippen molar-refractivity contribution in [3.8, 4) is 0 Å². The van der Waals surface area contributed by atoms with Crippen LogP contribution < -0.4 is 0 Å². The molecule has 1 aromatic rings. The monoisotopic (exact) mass is 333 g/mol. The van der Waals surface area contributed by atoms with Crippen LogP contribution in [0.3, 0.4) is 0 Å². The lowest BCUT2D eigenvalue weighted by atomic mass is 10.0. The topological polar surface area (TPSA) is 49.6 Å². The SMILES string of the molecule is Cc1noc(C)c1CCC(=O)N1CCC[C@H](N2[C@H](C)CC[C@@H]2C)C1. The highest BCUT2D eigenvalue weighted by Crippen LogP contribution is 2.30. The molecule has 2 fully saturated rings. The summed E-state index contributed by atoms with van der Waals surface area (Å²) in [5, 5.41) is 3.98. The molecule has 1 aromatic heterocycles. The Kier molecular flexibility index (Phi) is 5.28. The van der Waals surface area contributed by atoms with E-state index < -0.39 is 0 Å². The van der Waals surface area contributed by atoms with Crippen LogP contribution in [-0.4, -0.2) is 52.1 Å². The van der Waals surface area contributed by atoms with Gasteiger partial charge in [-0.2, -0.15) is 0 Å². The number of amides is 1. The molecule has 1 amide bonds. The number of aryl methyl sites for hydroxylation is 2. The molecule has 134 valence electrons. The quantitative estimate of drug-likeness (QED) is 0.849. The van der Waals surface area contributed by atoms with Crippen LogP contribution in [0.5, 0.6) is 0 Å². The molecule has 0 aliphatic carbocycles. The summed E-state index contributed by atoms with van der Waals surface area (Å²) in [5.41, 5.74) is 2.01. The Labute approximate surface area is 145 Å². The Morgan fingerprint density at radius 1 is 1.21 bits per heavy atom. The van der Waals surface area contributed by atoms with Gasteiger partial charge >= 0.3 is 0 Å². The minimum Gasteiger partial charge on any atom is -0.361 e. The van der Waals surface area contributed by atoms with E-state index in [0.717, 1.165) is 42.9 Å². The van der Waals surface area contributed by atoms with Gasteiger partial charge in [-0.15, -0.1) is 0 Å². The van der Waals surface area contributed by atoms with Crippen molar-refractivity contribution in [3.05, 3.63) is 17.0 Å². The Hall–Kier alpha value is -1.36. The van der Waals surface area contributed by atoms with Crippen molar-refractivity contribution in [2.45, 2.75) is 84.3 Å². The van der Waals surface area contributed by atoms with Crippen molar-refractivity contribution in [1.29, 1.82) is 0 Å². The van der Waals surface area contributed by atoms with Crippen LogP contribution in [0.2, 0.25) is 0 Å². The van der Waals surface area contributed by atoms with Gasteiger partial charge in [-0.05, 0) is 59.8 Å². The Bertz CT molecular complexity index is 554. The fourth-order valence-electron chi connectivity index (χ4n) is 4.61. The molecule has 0 radical (unpaired) electrons. The molecular weight excluding hydrogens is 302 g/mol. The van der Waals surface area contributed by atoms with Gasteiger partial charge in [0, 0.05) is 43.2 Å². The van der Waals surface area contributed by atoms with E-state index in [-0.39, 0.29) is 5.91 Å². The first-order valence-electron chi connectivity index (χ1n) is 9.44. The Balaban J connectivity index is 1.57. The van der Waals surface area contributed by atoms with Crippen LogP contribution in [0.1, 0.15) is 63.0 Å². The van der Waals surface area contributed by atoms with E-state index in [2.05, 4.69) is 28.8 Å². The highest BCUT2D eigenvalue weighted by atomic mass is 16.5. The van der Waals surface area contributed by atoms with Crippen molar-refractivity contribution < 1.29 is 9.32 Å². The first-order valence-corrected chi connectivity index (χ1v) is 9.44. The molecule has 3 heterocycles. The normalized spacial score (nSPS) is 28.5. The Morgan fingerprint density at radius 3 is 2.54 bits per heavy atom. The highest BCUT2D eigenvalue weighted by Gasteiger charge is 2.36. The lowest BCUT2D eigenvalue weighted by Crippen LogP contribution is -2.52. The van der Waals surface area contributed by atoms with Gasteiger partial charge in [0.25, 0.3) is 0 Å². The van der Waals surface area contributed by atoms with E-state index >= 15 is 0 Å². The standard InChI is InChI=1S/C19H31N3O2/c1-13-7-8-14(2)22(13)17-6-5-11-21(12-17)19(23)10-9-18-15(3)20-24-16(18)4/h13-14,17H,5-12H2,1-4H3/t13-,14+,17-/m0/s1. The molecule has 3 atom stereocenters. The summed E-state index contributed by atoms with van der Waals surface area (Å²) in [6.07, 6.45) is 6.22. The summed E-state index contributed by atoms with van der Waals surface area (Å²) >= 11 is 0. The number of rotatable bonds is 4. The predicted molar refractivity (Wildman–Crippen MR) is 93.9 cm³/mol. The number of carbonyl (C=O) groups is 1. The van der Waals surface area contributed by atoms with Crippen molar-refractivity contribution in [3.63, 3.8) is 0 Å². The van der Waals surface area contributed by atoms with Crippen LogP contribution in [-0.2, 0) is 11.2 Å². The number of carbonyl (C=O) groups excluding carboxylic acids is 1. The molecule has 2 aliphatic rings. The summed E-state index contributed by atoms with van der Waals surface area (Å²) in [6, 6.07) is 1.85. The molecule has 24 heavy (non-hydrogen) atoms. The van der Waals surface area contributed by atoms with Crippen LogP contribution in [0, 0.1) is 13.8 Å². The third-order valence-corrected chi connectivity index (χ3v) is 5.96. The maximum absolute atomic E-state index is 12.7. The molecule has 5 nitrogen and oxygen atoms in total. The van der Waals surface area contributed by atoms with Crippen molar-refractivity contribution >= 4 is 5.91 Å². The van der Waals surface area contributed by atoms with Gasteiger partial charge in [-0.3, -0.25) is 9.69 Å². The van der Waals surface area contributed by atoms with E-state index in [0.29, 0.717) is 24.5 Å². The third-order valence-electron chi connectivity index (χ3n) is 5.96. The number of aromatic nitrogens is 1. The molecule has 2 saturated heterocycles. The zero-order valence-electron chi connectivity index (χ0n) is 15.5. The molecule has 5 heteroatoms. The fraction of sp³-hybridized carbons (Fsp3) is 0.789. The molecular formula is C19H31N3O2. The van der Waals surface area contributed by atoms with Crippen LogP contribution in [0.25, 0.3) is 0 Å². The average molecular weight is 333 g/mol. The van der Waals surface area contributed by atoms with E-state index in [1.54, 1.807) is 0 Å². The largest absolute Gasteiger partial charge is 0.361 e. The first kappa shape index (κ1) is 17.5. The van der Waals surface area contributed by atoms with Gasteiger partial charge in [-0.1, -0.05) is 5.16 Å². The summed E-state index contributed by atoms with van der Waals surface area (Å²) in [4.78, 5) is 17.4. The lowest BCUT2D eigenvalue weighted by Gasteiger charge is -2.41.